The highest BCUT2D eigenvalue weighted by molar-refractivity contribution is 6.29. The van der Waals surface area contributed by atoms with Gasteiger partial charge in [0.15, 0.2) is 0 Å². The Morgan fingerprint density at radius 1 is 0.857 bits per heavy atom. The number of hydrogen-bond donors (Lipinski definition) is 1. The van der Waals surface area contributed by atoms with Gasteiger partial charge in [0.25, 0.3) is 0 Å². The van der Waals surface area contributed by atoms with E-state index in [9.17, 15) is 13.6 Å². The highest BCUT2D eigenvalue weighted by Crippen LogP contribution is 2.30. The maximum absolute atomic E-state index is 14.1. The Morgan fingerprint density at radius 2 is 1.45 bits per heavy atom. The van der Waals surface area contributed by atoms with Crippen molar-refractivity contribution in [2.45, 2.75) is 33.8 Å². The summed E-state index contributed by atoms with van der Waals surface area (Å²) in [6.45, 7) is 5.28. The van der Waals surface area contributed by atoms with Crippen LogP contribution in [0.5, 0.6) is 0 Å². The molecule has 0 saturated heterocycles. The molecular weight excluding hydrogens is 585 g/mol. The molecule has 0 unspecified atom stereocenters. The number of nitrogens with one attached hydrogen (secondary N) is 1. The lowest BCUT2D eigenvalue weighted by molar-refractivity contribution is 0.0547. The SMILES string of the molecule is C.CC(C)(C)OC(=O)n1c(-c2cncc(Cl)n2)cc2c(F)cccc21.Fc1cccc2[nH]c(-c3cncc(Cl)n3)cc12. The summed E-state index contributed by atoms with van der Waals surface area (Å²) in [6.07, 6.45) is 5.24. The fraction of sp³-hybridized carbons (Fsp3) is 0.167. The number of carbonyl (C=O) groups is 1. The highest BCUT2D eigenvalue weighted by Gasteiger charge is 2.24. The molecular formula is C30H26Cl2F2N6O2. The number of nitrogens with zero attached hydrogens (tertiary/aromatic N) is 5. The van der Waals surface area contributed by atoms with Crippen LogP contribution in [0.3, 0.4) is 0 Å². The van der Waals surface area contributed by atoms with Crippen LogP contribution in [0.4, 0.5) is 13.6 Å². The van der Waals surface area contributed by atoms with Crippen LogP contribution in [0.25, 0.3) is 44.6 Å². The maximum atomic E-state index is 14.1. The van der Waals surface area contributed by atoms with Crippen molar-refractivity contribution in [2.24, 2.45) is 0 Å². The third kappa shape index (κ3) is 6.56. The molecule has 0 amide bonds. The lowest BCUT2D eigenvalue weighted by Crippen LogP contribution is -2.27. The molecule has 1 N–H and O–H groups in total. The molecule has 8 nitrogen and oxygen atoms in total. The number of carbonyl (C=O) groups excluding carboxylic acids is 1. The van der Waals surface area contributed by atoms with E-state index in [1.165, 1.54) is 47.4 Å². The predicted octanol–water partition coefficient (Wildman–Crippen LogP) is 8.73. The van der Waals surface area contributed by atoms with Crippen LogP contribution >= 0.6 is 23.2 Å². The van der Waals surface area contributed by atoms with Gasteiger partial charge < -0.3 is 9.72 Å². The van der Waals surface area contributed by atoms with Gasteiger partial charge >= 0.3 is 6.09 Å². The van der Waals surface area contributed by atoms with Gasteiger partial charge in [-0.05, 0) is 57.2 Å². The topological polar surface area (TPSA) is 98.6 Å². The zero-order valence-electron chi connectivity index (χ0n) is 22.0. The van der Waals surface area contributed by atoms with Crippen molar-refractivity contribution in [3.8, 4) is 22.8 Å². The van der Waals surface area contributed by atoms with E-state index < -0.39 is 17.5 Å². The van der Waals surface area contributed by atoms with Crippen LogP contribution in [-0.2, 0) is 4.74 Å². The normalized spacial score (nSPS) is 11.1. The molecule has 4 aromatic heterocycles. The second kappa shape index (κ2) is 12.2. The van der Waals surface area contributed by atoms with E-state index in [4.69, 9.17) is 27.9 Å². The summed E-state index contributed by atoms with van der Waals surface area (Å²) >= 11 is 11.7. The molecule has 0 atom stereocenters. The van der Waals surface area contributed by atoms with E-state index in [1.54, 1.807) is 51.2 Å². The number of aromatic nitrogens is 6. The number of H-pyrrole nitrogens is 1. The zero-order valence-corrected chi connectivity index (χ0v) is 23.5. The summed E-state index contributed by atoms with van der Waals surface area (Å²) in [4.78, 5) is 31.9. The summed E-state index contributed by atoms with van der Waals surface area (Å²) in [6, 6.07) is 12.6. The first-order valence-electron chi connectivity index (χ1n) is 12.3. The van der Waals surface area contributed by atoms with E-state index in [1.807, 2.05) is 0 Å². The fourth-order valence-electron chi connectivity index (χ4n) is 4.08. The number of hydrogen-bond acceptors (Lipinski definition) is 6. The first kappa shape index (κ1) is 30.5. The minimum absolute atomic E-state index is 0. The smallest absolute Gasteiger partial charge is 0.419 e. The van der Waals surface area contributed by atoms with Gasteiger partial charge in [0, 0.05) is 16.3 Å². The van der Waals surface area contributed by atoms with Gasteiger partial charge in [0.2, 0.25) is 0 Å². The first-order chi connectivity index (χ1) is 19.5. The quantitative estimate of drug-likeness (QED) is 0.210. The van der Waals surface area contributed by atoms with E-state index >= 15 is 0 Å². The third-order valence-corrected chi connectivity index (χ3v) is 6.09. The summed E-state index contributed by atoms with van der Waals surface area (Å²) in [7, 11) is 0. The largest absolute Gasteiger partial charge is 0.443 e. The molecule has 0 bridgehead atoms. The Kier molecular flexibility index (Phi) is 8.89. The summed E-state index contributed by atoms with van der Waals surface area (Å²) in [5, 5.41) is 1.31. The second-order valence-electron chi connectivity index (χ2n) is 9.86. The van der Waals surface area contributed by atoms with Crippen molar-refractivity contribution < 1.29 is 18.3 Å². The third-order valence-electron chi connectivity index (χ3n) is 5.73. The minimum Gasteiger partial charge on any atom is -0.443 e. The van der Waals surface area contributed by atoms with Crippen LogP contribution in [0.15, 0.2) is 73.3 Å². The highest BCUT2D eigenvalue weighted by atomic mass is 35.5. The monoisotopic (exact) mass is 610 g/mol. The molecule has 0 radical (unpaired) electrons. The van der Waals surface area contributed by atoms with Gasteiger partial charge in [-0.2, -0.15) is 0 Å². The minimum atomic E-state index is -0.696. The Bertz CT molecular complexity index is 1900. The van der Waals surface area contributed by atoms with Crippen LogP contribution in [0.1, 0.15) is 28.2 Å². The fourth-order valence-corrected chi connectivity index (χ4v) is 4.38. The lowest BCUT2D eigenvalue weighted by atomic mass is 10.2. The molecule has 42 heavy (non-hydrogen) atoms. The Balaban J connectivity index is 0.000000198. The summed E-state index contributed by atoms with van der Waals surface area (Å²) in [5.41, 5.74) is 2.41. The average molecular weight is 611 g/mol. The van der Waals surface area contributed by atoms with Gasteiger partial charge in [0.1, 0.15) is 38.9 Å². The Hall–Kier alpha value is -4.41. The summed E-state index contributed by atoms with van der Waals surface area (Å²) in [5.74, 6) is -0.703. The number of fused-ring (bicyclic) bond motifs is 2. The molecule has 2 aromatic carbocycles. The number of halogens is 4. The lowest BCUT2D eigenvalue weighted by Gasteiger charge is -2.20. The van der Waals surface area contributed by atoms with Gasteiger partial charge in [-0.1, -0.05) is 42.8 Å². The molecule has 12 heteroatoms. The predicted molar refractivity (Wildman–Crippen MR) is 161 cm³/mol. The Labute approximate surface area is 250 Å². The molecule has 0 fully saturated rings. The van der Waals surface area contributed by atoms with E-state index in [0.717, 1.165) is 5.52 Å². The zero-order chi connectivity index (χ0) is 29.3. The number of benzene rings is 2. The van der Waals surface area contributed by atoms with Crippen molar-refractivity contribution >= 4 is 51.1 Å². The van der Waals surface area contributed by atoms with Crippen molar-refractivity contribution in [1.29, 1.82) is 0 Å². The van der Waals surface area contributed by atoms with Crippen LogP contribution < -0.4 is 0 Å². The van der Waals surface area contributed by atoms with Crippen molar-refractivity contribution in [3.05, 3.63) is 95.3 Å². The molecule has 0 spiro atoms. The average Bonchev–Trinajstić information content (AvgIpc) is 3.52. The van der Waals surface area contributed by atoms with Gasteiger partial charge in [-0.25, -0.2) is 28.1 Å². The molecule has 6 rings (SSSR count). The maximum Gasteiger partial charge on any atom is 0.419 e. The molecule has 0 aliphatic rings. The first-order valence-corrected chi connectivity index (χ1v) is 13.0. The van der Waals surface area contributed by atoms with Crippen LogP contribution in [0, 0.1) is 11.6 Å². The number of ether oxygens (including phenoxy) is 1. The van der Waals surface area contributed by atoms with Crippen molar-refractivity contribution in [3.63, 3.8) is 0 Å². The van der Waals surface area contributed by atoms with Crippen LogP contribution in [-0.4, -0.2) is 41.2 Å². The van der Waals surface area contributed by atoms with Gasteiger partial charge in [-0.3, -0.25) is 9.97 Å². The van der Waals surface area contributed by atoms with E-state index in [-0.39, 0.29) is 18.4 Å². The molecule has 0 saturated carbocycles. The van der Waals surface area contributed by atoms with E-state index in [2.05, 4.69) is 24.9 Å². The van der Waals surface area contributed by atoms with Gasteiger partial charge in [0.05, 0.1) is 41.7 Å². The molecule has 0 aliphatic carbocycles. The standard InChI is InChI=1S/C17H15ClFN3O2.C12H7ClFN3.CH4/c1-17(2,3)24-16(23)22-13-6-4-5-11(19)10(13)7-14(22)12-8-20-9-15(18)21-12;13-12-6-15-5-11(17-12)10-4-7-8(14)2-1-3-9(7)16-10;/h4-9H,1-3H3;1-6,16H;1H4. The molecule has 0 aliphatic heterocycles. The van der Waals surface area contributed by atoms with Crippen molar-refractivity contribution in [2.75, 3.05) is 0 Å². The van der Waals surface area contributed by atoms with E-state index in [0.29, 0.717) is 44.2 Å². The molecule has 216 valence electrons. The van der Waals surface area contributed by atoms with Crippen molar-refractivity contribution in [1.82, 2.24) is 29.5 Å². The molecule has 4 heterocycles. The van der Waals surface area contributed by atoms with Crippen LogP contribution in [0.2, 0.25) is 10.3 Å². The number of aromatic amines is 1. The molecule has 6 aromatic rings. The number of rotatable bonds is 2. The second-order valence-corrected chi connectivity index (χ2v) is 10.6. The van der Waals surface area contributed by atoms with Gasteiger partial charge in [-0.15, -0.1) is 0 Å². The Morgan fingerprint density at radius 3 is 2.07 bits per heavy atom. The summed E-state index contributed by atoms with van der Waals surface area (Å²) < 4.78 is 34.4.